The van der Waals surface area contributed by atoms with Crippen LogP contribution in [0.4, 0.5) is 0 Å². The van der Waals surface area contributed by atoms with Crippen LogP contribution in [0.3, 0.4) is 0 Å². The Kier molecular flexibility index (Phi) is 4.91. The van der Waals surface area contributed by atoms with Crippen molar-refractivity contribution in [2.24, 2.45) is 5.73 Å². The van der Waals surface area contributed by atoms with Crippen molar-refractivity contribution < 1.29 is 4.79 Å². The van der Waals surface area contributed by atoms with E-state index in [1.807, 2.05) is 39.0 Å². The van der Waals surface area contributed by atoms with Gasteiger partial charge in [-0.2, -0.15) is 0 Å². The maximum atomic E-state index is 12.1. The largest absolute Gasteiger partial charge is 0.348 e. The molecule has 3 nitrogen and oxygen atoms in total. The summed E-state index contributed by atoms with van der Waals surface area (Å²) in [6.45, 7) is 7.84. The molecule has 0 aliphatic carbocycles. The number of nitrogens with two attached hydrogens (primary N) is 1. The van der Waals surface area contributed by atoms with Crippen LogP contribution < -0.4 is 11.1 Å². The quantitative estimate of drug-likeness (QED) is 0.841. The highest BCUT2D eigenvalue weighted by Crippen LogP contribution is 2.16. The Balaban J connectivity index is 2.70. The summed E-state index contributed by atoms with van der Waals surface area (Å²) in [5, 5.41) is 2.98. The molecule has 0 aliphatic rings. The molecule has 0 aliphatic heterocycles. The number of carbonyl (C=O) groups excluding carboxylic acids is 1. The maximum absolute atomic E-state index is 12.1. The zero-order valence-electron chi connectivity index (χ0n) is 11.8. The molecule has 2 atom stereocenters. The third kappa shape index (κ3) is 3.84. The first-order valence-corrected chi connectivity index (χ1v) is 6.53. The zero-order chi connectivity index (χ0) is 13.8. The number of hydrogen-bond acceptors (Lipinski definition) is 2. The summed E-state index contributed by atoms with van der Waals surface area (Å²) in [5.41, 5.74) is 7.53. The molecule has 0 saturated carbocycles. The molecule has 0 bridgehead atoms. The molecule has 0 saturated heterocycles. The Morgan fingerprint density at radius 1 is 1.50 bits per heavy atom. The zero-order valence-corrected chi connectivity index (χ0v) is 11.8. The minimum absolute atomic E-state index is 0.0165. The van der Waals surface area contributed by atoms with E-state index in [1.54, 1.807) is 6.92 Å². The summed E-state index contributed by atoms with van der Waals surface area (Å²) in [4.78, 5) is 12.1. The lowest BCUT2D eigenvalue weighted by atomic mass is 9.95. The average molecular weight is 248 g/mol. The molecule has 0 heterocycles. The van der Waals surface area contributed by atoms with E-state index in [4.69, 9.17) is 5.73 Å². The molecule has 0 radical (unpaired) electrons. The van der Waals surface area contributed by atoms with E-state index in [-0.39, 0.29) is 11.9 Å². The fraction of sp³-hybridized carbons (Fsp3) is 0.533. The molecule has 1 rings (SSSR count). The van der Waals surface area contributed by atoms with Gasteiger partial charge in [0.25, 0.3) is 0 Å². The van der Waals surface area contributed by atoms with Crippen LogP contribution in [0.5, 0.6) is 0 Å². The summed E-state index contributed by atoms with van der Waals surface area (Å²) >= 11 is 0. The van der Waals surface area contributed by atoms with Gasteiger partial charge in [0.05, 0.1) is 11.6 Å². The number of rotatable bonds is 5. The summed E-state index contributed by atoms with van der Waals surface area (Å²) < 4.78 is 0. The number of carbonyl (C=O) groups is 1. The highest BCUT2D eigenvalue weighted by atomic mass is 16.2. The summed E-state index contributed by atoms with van der Waals surface area (Å²) in [6.07, 6.45) is 1.60. The molecule has 100 valence electrons. The van der Waals surface area contributed by atoms with Gasteiger partial charge >= 0.3 is 0 Å². The predicted molar refractivity (Wildman–Crippen MR) is 75.2 cm³/mol. The highest BCUT2D eigenvalue weighted by molar-refractivity contribution is 5.85. The van der Waals surface area contributed by atoms with Crippen LogP contribution in [0.25, 0.3) is 0 Å². The minimum Gasteiger partial charge on any atom is -0.348 e. The molecular formula is C15H24N2O. The van der Waals surface area contributed by atoms with Gasteiger partial charge in [-0.3, -0.25) is 4.79 Å². The van der Waals surface area contributed by atoms with Crippen molar-refractivity contribution in [2.45, 2.75) is 52.1 Å². The Hall–Kier alpha value is -1.35. The third-order valence-electron chi connectivity index (χ3n) is 3.18. The first kappa shape index (κ1) is 14.7. The molecular weight excluding hydrogens is 224 g/mol. The van der Waals surface area contributed by atoms with Crippen LogP contribution in [-0.4, -0.2) is 11.4 Å². The van der Waals surface area contributed by atoms with Crippen LogP contribution in [0, 0.1) is 6.92 Å². The second kappa shape index (κ2) is 6.01. The fourth-order valence-electron chi connectivity index (χ4n) is 2.02. The SMILES string of the molecule is CCCC(C)(N)C(=O)N[C@H](C)c1cccc(C)c1. The fourth-order valence-corrected chi connectivity index (χ4v) is 2.02. The van der Waals surface area contributed by atoms with Crippen LogP contribution in [0.2, 0.25) is 0 Å². The van der Waals surface area contributed by atoms with Gasteiger partial charge in [0.15, 0.2) is 0 Å². The van der Waals surface area contributed by atoms with Gasteiger partial charge in [-0.1, -0.05) is 43.2 Å². The second-order valence-electron chi connectivity index (χ2n) is 5.28. The summed E-state index contributed by atoms with van der Waals surface area (Å²) in [6, 6.07) is 8.13. The van der Waals surface area contributed by atoms with Crippen molar-refractivity contribution in [3.05, 3.63) is 35.4 Å². The van der Waals surface area contributed by atoms with E-state index >= 15 is 0 Å². The van der Waals surface area contributed by atoms with E-state index in [0.29, 0.717) is 6.42 Å². The predicted octanol–water partition coefficient (Wildman–Crippen LogP) is 2.69. The normalized spacial score (nSPS) is 15.8. The number of hydrogen-bond donors (Lipinski definition) is 2. The summed E-state index contributed by atoms with van der Waals surface area (Å²) in [7, 11) is 0. The monoisotopic (exact) mass is 248 g/mol. The lowest BCUT2D eigenvalue weighted by Crippen LogP contribution is -2.52. The van der Waals surface area contributed by atoms with Crippen molar-refractivity contribution in [3.63, 3.8) is 0 Å². The van der Waals surface area contributed by atoms with Crippen molar-refractivity contribution in [2.75, 3.05) is 0 Å². The Morgan fingerprint density at radius 3 is 2.72 bits per heavy atom. The molecule has 0 spiro atoms. The van der Waals surface area contributed by atoms with Crippen molar-refractivity contribution in [1.29, 1.82) is 0 Å². The van der Waals surface area contributed by atoms with Gasteiger partial charge in [0.1, 0.15) is 0 Å². The number of nitrogens with one attached hydrogen (secondary N) is 1. The molecule has 3 heteroatoms. The second-order valence-corrected chi connectivity index (χ2v) is 5.28. The molecule has 1 aromatic rings. The van der Waals surface area contributed by atoms with Crippen LogP contribution in [-0.2, 0) is 4.79 Å². The molecule has 0 aromatic heterocycles. The van der Waals surface area contributed by atoms with Gasteiger partial charge in [0, 0.05) is 0 Å². The standard InChI is InChI=1S/C15H24N2O/c1-5-9-15(4,16)14(18)17-12(3)13-8-6-7-11(2)10-13/h6-8,10,12H,5,9,16H2,1-4H3,(H,17,18)/t12-,15?/m1/s1. The smallest absolute Gasteiger partial charge is 0.240 e. The van der Waals surface area contributed by atoms with E-state index in [0.717, 1.165) is 12.0 Å². The topological polar surface area (TPSA) is 55.1 Å². The molecule has 18 heavy (non-hydrogen) atoms. The third-order valence-corrected chi connectivity index (χ3v) is 3.18. The van der Waals surface area contributed by atoms with E-state index < -0.39 is 5.54 Å². The molecule has 1 amide bonds. The highest BCUT2D eigenvalue weighted by Gasteiger charge is 2.28. The molecule has 0 fully saturated rings. The minimum atomic E-state index is -0.785. The van der Waals surface area contributed by atoms with Crippen LogP contribution >= 0.6 is 0 Å². The van der Waals surface area contributed by atoms with Gasteiger partial charge in [-0.25, -0.2) is 0 Å². The lowest BCUT2D eigenvalue weighted by molar-refractivity contribution is -0.126. The van der Waals surface area contributed by atoms with Crippen molar-refractivity contribution in [3.8, 4) is 0 Å². The van der Waals surface area contributed by atoms with Crippen molar-refractivity contribution in [1.82, 2.24) is 5.32 Å². The number of amides is 1. The first-order valence-electron chi connectivity index (χ1n) is 6.53. The number of aryl methyl sites for hydroxylation is 1. The van der Waals surface area contributed by atoms with E-state index in [9.17, 15) is 4.79 Å². The van der Waals surface area contributed by atoms with Gasteiger partial charge < -0.3 is 11.1 Å². The first-order chi connectivity index (χ1) is 8.36. The van der Waals surface area contributed by atoms with Gasteiger partial charge in [0.2, 0.25) is 5.91 Å². The maximum Gasteiger partial charge on any atom is 0.240 e. The summed E-state index contributed by atoms with van der Waals surface area (Å²) in [5.74, 6) is -0.0849. The van der Waals surface area contributed by atoms with Gasteiger partial charge in [-0.05, 0) is 32.8 Å². The Morgan fingerprint density at radius 2 is 2.17 bits per heavy atom. The Bertz CT molecular complexity index is 413. The molecule has 1 unspecified atom stereocenters. The van der Waals surface area contributed by atoms with Gasteiger partial charge in [-0.15, -0.1) is 0 Å². The van der Waals surface area contributed by atoms with E-state index in [1.165, 1.54) is 5.56 Å². The van der Waals surface area contributed by atoms with Crippen LogP contribution in [0.1, 0.15) is 50.8 Å². The van der Waals surface area contributed by atoms with Crippen LogP contribution in [0.15, 0.2) is 24.3 Å². The number of benzene rings is 1. The lowest BCUT2D eigenvalue weighted by Gasteiger charge is -2.25. The van der Waals surface area contributed by atoms with Crippen molar-refractivity contribution >= 4 is 5.91 Å². The van der Waals surface area contributed by atoms with E-state index in [2.05, 4.69) is 11.4 Å². The molecule has 1 aromatic carbocycles. The Labute approximate surface area is 110 Å². The average Bonchev–Trinajstić information content (AvgIpc) is 2.28. The molecule has 3 N–H and O–H groups in total.